The van der Waals surface area contributed by atoms with Gasteiger partial charge in [0.1, 0.15) is 5.78 Å². The van der Waals surface area contributed by atoms with Crippen molar-refractivity contribution in [3.05, 3.63) is 82.9 Å². The second-order valence-electron chi connectivity index (χ2n) is 9.30. The van der Waals surface area contributed by atoms with Crippen LogP contribution < -0.4 is 0 Å². The van der Waals surface area contributed by atoms with Crippen LogP contribution in [0.25, 0.3) is 22.3 Å². The minimum absolute atomic E-state index is 0.0885. The quantitative estimate of drug-likeness (QED) is 0.314. The van der Waals surface area contributed by atoms with E-state index in [9.17, 15) is 31.1 Å². The Morgan fingerprint density at radius 2 is 1.23 bits per heavy atom. The molecule has 0 unspecified atom stereocenters. The Kier molecular flexibility index (Phi) is 7.48. The first kappa shape index (κ1) is 26.5. The molecule has 0 spiro atoms. The van der Waals surface area contributed by atoms with Crippen molar-refractivity contribution in [2.24, 2.45) is 5.92 Å². The molecule has 0 fully saturated rings. The number of rotatable bonds is 6. The Bertz CT molecular complexity index is 1200. The Labute approximate surface area is 200 Å². The highest BCUT2D eigenvalue weighted by Crippen LogP contribution is 2.38. The van der Waals surface area contributed by atoms with Gasteiger partial charge in [-0.3, -0.25) is 4.79 Å². The van der Waals surface area contributed by atoms with Crippen molar-refractivity contribution in [2.75, 3.05) is 0 Å². The normalized spacial score (nSPS) is 13.2. The monoisotopic (exact) mass is 492 g/mol. The van der Waals surface area contributed by atoms with Gasteiger partial charge in [0, 0.05) is 5.92 Å². The summed E-state index contributed by atoms with van der Waals surface area (Å²) >= 11 is 0. The van der Waals surface area contributed by atoms with E-state index in [1.54, 1.807) is 31.2 Å². The molecule has 0 aliphatic carbocycles. The van der Waals surface area contributed by atoms with Crippen LogP contribution in [0.2, 0.25) is 0 Å². The van der Waals surface area contributed by atoms with E-state index in [4.69, 9.17) is 0 Å². The fourth-order valence-electron chi connectivity index (χ4n) is 4.16. The Morgan fingerprint density at radius 3 is 1.71 bits per heavy atom. The molecule has 0 heterocycles. The molecule has 0 saturated carbocycles. The van der Waals surface area contributed by atoms with Crippen LogP contribution >= 0.6 is 0 Å². The molecule has 0 aromatic heterocycles. The third-order valence-electron chi connectivity index (χ3n) is 5.84. The second-order valence-corrected chi connectivity index (χ2v) is 9.30. The van der Waals surface area contributed by atoms with Crippen LogP contribution in [0.1, 0.15) is 55.4 Å². The minimum Gasteiger partial charge on any atom is -0.299 e. The fourth-order valence-corrected chi connectivity index (χ4v) is 4.16. The lowest BCUT2D eigenvalue weighted by molar-refractivity contribution is -0.138. The summed E-state index contributed by atoms with van der Waals surface area (Å²) in [6, 6.07) is 13.4. The lowest BCUT2D eigenvalue weighted by Gasteiger charge is -2.20. The van der Waals surface area contributed by atoms with E-state index in [1.165, 1.54) is 19.1 Å². The molecule has 1 atom stereocenters. The summed E-state index contributed by atoms with van der Waals surface area (Å²) in [5.74, 6) is -0.401. The van der Waals surface area contributed by atoms with Gasteiger partial charge in [-0.25, -0.2) is 0 Å². The molecule has 1 nitrogen and oxygen atoms in total. The van der Waals surface area contributed by atoms with Gasteiger partial charge in [-0.05, 0) is 89.9 Å². The molecule has 0 N–H and O–H groups in total. The van der Waals surface area contributed by atoms with Gasteiger partial charge in [-0.1, -0.05) is 44.2 Å². The zero-order chi connectivity index (χ0) is 26.1. The van der Waals surface area contributed by atoms with Gasteiger partial charge in [0.2, 0.25) is 0 Å². The van der Waals surface area contributed by atoms with Gasteiger partial charge in [0.25, 0.3) is 0 Å². The van der Waals surface area contributed by atoms with Crippen LogP contribution in [-0.4, -0.2) is 5.78 Å². The van der Waals surface area contributed by atoms with Gasteiger partial charge in [0.05, 0.1) is 11.1 Å². The number of carbonyl (C=O) groups is 1. The van der Waals surface area contributed by atoms with Gasteiger partial charge in [0.15, 0.2) is 0 Å². The Balaban J connectivity index is 2.23. The maximum absolute atomic E-state index is 13.5. The SMILES string of the molecule is CC(=O)[C@H](CC(C)C)c1cc(-c2ccc(C(F)(F)F)cc2)cc(-c2cc(C)cc(C(F)(F)F)c2)c1. The second kappa shape index (κ2) is 9.88. The molecule has 35 heavy (non-hydrogen) atoms. The van der Waals surface area contributed by atoms with Crippen molar-refractivity contribution >= 4 is 5.78 Å². The largest absolute Gasteiger partial charge is 0.416 e. The number of benzene rings is 3. The van der Waals surface area contributed by atoms with Crippen LogP contribution in [0.4, 0.5) is 26.3 Å². The lowest BCUT2D eigenvalue weighted by atomic mass is 9.84. The predicted molar refractivity (Wildman–Crippen MR) is 125 cm³/mol. The summed E-state index contributed by atoms with van der Waals surface area (Å²) in [5.41, 5.74) is 1.22. The lowest BCUT2D eigenvalue weighted by Crippen LogP contribution is -2.12. The highest BCUT2D eigenvalue weighted by molar-refractivity contribution is 5.85. The number of ketones is 1. The summed E-state index contributed by atoms with van der Waals surface area (Å²) in [5, 5.41) is 0. The molecule has 3 aromatic carbocycles. The number of carbonyl (C=O) groups excluding carboxylic acids is 1. The summed E-state index contributed by atoms with van der Waals surface area (Å²) in [7, 11) is 0. The van der Waals surface area contributed by atoms with E-state index in [2.05, 4.69) is 0 Å². The van der Waals surface area contributed by atoms with Crippen molar-refractivity contribution in [3.8, 4) is 22.3 Å². The Hall–Kier alpha value is -3.09. The zero-order valence-electron chi connectivity index (χ0n) is 19.8. The topological polar surface area (TPSA) is 17.1 Å². The van der Waals surface area contributed by atoms with Gasteiger partial charge >= 0.3 is 12.4 Å². The first-order valence-corrected chi connectivity index (χ1v) is 11.2. The molecule has 0 saturated heterocycles. The van der Waals surface area contributed by atoms with E-state index in [1.807, 2.05) is 13.8 Å². The van der Waals surface area contributed by atoms with E-state index in [0.29, 0.717) is 39.8 Å². The predicted octanol–water partition coefficient (Wildman–Crippen LogP) is 9.09. The third-order valence-corrected chi connectivity index (χ3v) is 5.84. The van der Waals surface area contributed by atoms with E-state index in [-0.39, 0.29) is 11.7 Å². The minimum atomic E-state index is -4.53. The summed E-state index contributed by atoms with van der Waals surface area (Å²) in [6.45, 7) is 6.96. The van der Waals surface area contributed by atoms with Crippen molar-refractivity contribution in [1.29, 1.82) is 0 Å². The molecule has 0 amide bonds. The summed E-state index contributed by atoms with van der Waals surface area (Å²) < 4.78 is 79.5. The maximum Gasteiger partial charge on any atom is 0.416 e. The number of aryl methyl sites for hydroxylation is 1. The number of hydrogen-bond donors (Lipinski definition) is 0. The number of halogens is 6. The van der Waals surface area contributed by atoms with Crippen LogP contribution in [0.15, 0.2) is 60.7 Å². The molecule has 0 aliphatic rings. The number of hydrogen-bond acceptors (Lipinski definition) is 1. The standard InChI is InChI=1S/C28H26F6O/c1-16(2)9-26(18(4)35)23-13-21(19-5-7-24(8-6-19)27(29,30)31)12-22(14-23)20-10-17(3)11-25(15-20)28(32,33)34/h5-8,10-16,26H,9H2,1-4H3/t26-/m0/s1. The first-order valence-electron chi connectivity index (χ1n) is 11.2. The molecular weight excluding hydrogens is 466 g/mol. The first-order chi connectivity index (χ1) is 16.1. The molecule has 3 aromatic rings. The smallest absolute Gasteiger partial charge is 0.299 e. The highest BCUT2D eigenvalue weighted by Gasteiger charge is 2.32. The van der Waals surface area contributed by atoms with E-state index in [0.717, 1.165) is 24.3 Å². The highest BCUT2D eigenvalue weighted by atomic mass is 19.4. The molecule has 0 bridgehead atoms. The Morgan fingerprint density at radius 1 is 0.714 bits per heavy atom. The average Bonchev–Trinajstić information content (AvgIpc) is 2.75. The van der Waals surface area contributed by atoms with E-state index >= 15 is 0 Å². The average molecular weight is 493 g/mol. The number of alkyl halides is 6. The molecule has 0 radical (unpaired) electrons. The van der Waals surface area contributed by atoms with Gasteiger partial charge < -0.3 is 0 Å². The van der Waals surface area contributed by atoms with Crippen LogP contribution in [0, 0.1) is 12.8 Å². The molecular formula is C28H26F6O. The van der Waals surface area contributed by atoms with Crippen LogP contribution in [-0.2, 0) is 17.1 Å². The molecule has 7 heteroatoms. The van der Waals surface area contributed by atoms with Crippen molar-refractivity contribution < 1.29 is 31.1 Å². The summed E-state index contributed by atoms with van der Waals surface area (Å²) in [6.07, 6.45) is -8.49. The fraction of sp³-hybridized carbons (Fsp3) is 0.321. The van der Waals surface area contributed by atoms with Crippen molar-refractivity contribution in [1.82, 2.24) is 0 Å². The molecule has 0 aliphatic heterocycles. The summed E-state index contributed by atoms with van der Waals surface area (Å²) in [4.78, 5) is 12.5. The molecule has 3 rings (SSSR count). The van der Waals surface area contributed by atoms with Crippen LogP contribution in [0.3, 0.4) is 0 Å². The maximum atomic E-state index is 13.5. The van der Waals surface area contributed by atoms with Crippen LogP contribution in [0.5, 0.6) is 0 Å². The van der Waals surface area contributed by atoms with Gasteiger partial charge in [-0.2, -0.15) is 26.3 Å². The third kappa shape index (κ3) is 6.53. The van der Waals surface area contributed by atoms with Crippen molar-refractivity contribution in [3.63, 3.8) is 0 Å². The van der Waals surface area contributed by atoms with Crippen molar-refractivity contribution in [2.45, 2.75) is 52.4 Å². The number of Topliss-reactive ketones (excluding diaryl/α,β-unsaturated/α-hetero) is 1. The van der Waals surface area contributed by atoms with Gasteiger partial charge in [-0.15, -0.1) is 0 Å². The van der Waals surface area contributed by atoms with E-state index < -0.39 is 29.4 Å². The zero-order valence-corrected chi connectivity index (χ0v) is 19.8. The molecule has 186 valence electrons.